The van der Waals surface area contributed by atoms with E-state index in [9.17, 15) is 8.42 Å². The smallest absolute Gasteiger partial charge is 0.241 e. The van der Waals surface area contributed by atoms with Crippen LogP contribution in [0.25, 0.3) is 0 Å². The van der Waals surface area contributed by atoms with Crippen molar-refractivity contribution in [2.45, 2.75) is 18.4 Å². The van der Waals surface area contributed by atoms with E-state index >= 15 is 0 Å². The van der Waals surface area contributed by atoms with Crippen molar-refractivity contribution in [2.24, 2.45) is 0 Å². The number of nitrogens with zero attached hydrogens (tertiary/aromatic N) is 2. The van der Waals surface area contributed by atoms with Gasteiger partial charge in [0.1, 0.15) is 0 Å². The SMILES string of the molecule is Cc1cc(CNS(=O)(=O)c2cccc(C#N)c2)on1. The molecule has 1 heterocycles. The van der Waals surface area contributed by atoms with Crippen LogP contribution >= 0.6 is 0 Å². The summed E-state index contributed by atoms with van der Waals surface area (Å²) in [5.74, 6) is 0.428. The first kappa shape index (κ1) is 13.3. The highest BCUT2D eigenvalue weighted by atomic mass is 32.2. The van der Waals surface area contributed by atoms with E-state index in [0.717, 1.165) is 0 Å². The van der Waals surface area contributed by atoms with E-state index in [1.54, 1.807) is 19.1 Å². The zero-order valence-electron chi connectivity index (χ0n) is 10.1. The van der Waals surface area contributed by atoms with Crippen LogP contribution in [0.1, 0.15) is 17.0 Å². The van der Waals surface area contributed by atoms with E-state index in [4.69, 9.17) is 9.78 Å². The molecule has 0 aliphatic heterocycles. The summed E-state index contributed by atoms with van der Waals surface area (Å²) in [6.45, 7) is 1.76. The minimum Gasteiger partial charge on any atom is -0.360 e. The van der Waals surface area contributed by atoms with Crippen molar-refractivity contribution in [3.8, 4) is 6.07 Å². The number of hydrogen-bond donors (Lipinski definition) is 1. The minimum absolute atomic E-state index is 0.0138. The molecule has 0 fully saturated rings. The van der Waals surface area contributed by atoms with Crippen LogP contribution in [0.4, 0.5) is 0 Å². The summed E-state index contributed by atoms with van der Waals surface area (Å²) in [6.07, 6.45) is 0. The highest BCUT2D eigenvalue weighted by Crippen LogP contribution is 2.11. The third-order valence-electron chi connectivity index (χ3n) is 2.39. The number of nitriles is 1. The average Bonchev–Trinajstić information content (AvgIpc) is 2.82. The second-order valence-corrected chi connectivity index (χ2v) is 5.67. The Morgan fingerprint density at radius 1 is 1.42 bits per heavy atom. The van der Waals surface area contributed by atoms with Gasteiger partial charge in [-0.1, -0.05) is 11.2 Å². The van der Waals surface area contributed by atoms with Gasteiger partial charge in [0.25, 0.3) is 0 Å². The normalized spacial score (nSPS) is 11.2. The van der Waals surface area contributed by atoms with E-state index in [-0.39, 0.29) is 11.4 Å². The summed E-state index contributed by atoms with van der Waals surface area (Å²) in [5.41, 5.74) is 0.971. The fraction of sp³-hybridized carbons (Fsp3) is 0.167. The molecule has 0 aliphatic rings. The summed E-state index contributed by atoms with van der Waals surface area (Å²) in [4.78, 5) is 0.0442. The van der Waals surface area contributed by atoms with Gasteiger partial charge in [-0.3, -0.25) is 0 Å². The first-order chi connectivity index (χ1) is 9.01. The molecule has 0 saturated heterocycles. The van der Waals surface area contributed by atoms with Gasteiger partial charge in [-0.05, 0) is 25.1 Å². The van der Waals surface area contributed by atoms with Crippen LogP contribution in [0.5, 0.6) is 0 Å². The van der Waals surface area contributed by atoms with Crippen molar-refractivity contribution >= 4 is 10.0 Å². The molecule has 7 heteroatoms. The predicted octanol–water partition coefficient (Wildman–Crippen LogP) is 1.33. The minimum atomic E-state index is -3.67. The summed E-state index contributed by atoms with van der Waals surface area (Å²) in [5, 5.41) is 12.4. The lowest BCUT2D eigenvalue weighted by molar-refractivity contribution is 0.377. The number of sulfonamides is 1. The Bertz CT molecular complexity index is 729. The lowest BCUT2D eigenvalue weighted by Crippen LogP contribution is -2.23. The number of benzene rings is 1. The van der Waals surface area contributed by atoms with Crippen LogP contribution in [-0.2, 0) is 16.6 Å². The Morgan fingerprint density at radius 2 is 2.21 bits per heavy atom. The van der Waals surface area contributed by atoms with Crippen molar-refractivity contribution in [1.82, 2.24) is 9.88 Å². The lowest BCUT2D eigenvalue weighted by Gasteiger charge is -2.04. The van der Waals surface area contributed by atoms with Gasteiger partial charge in [0.05, 0.1) is 28.8 Å². The van der Waals surface area contributed by atoms with Crippen molar-refractivity contribution in [3.63, 3.8) is 0 Å². The molecule has 1 N–H and O–H groups in total. The number of aromatic nitrogens is 1. The Hall–Kier alpha value is -2.17. The molecular weight excluding hydrogens is 266 g/mol. The number of rotatable bonds is 4. The molecular formula is C12H11N3O3S. The fourth-order valence-corrected chi connectivity index (χ4v) is 2.52. The Kier molecular flexibility index (Phi) is 3.64. The quantitative estimate of drug-likeness (QED) is 0.909. The Morgan fingerprint density at radius 3 is 2.84 bits per heavy atom. The molecule has 1 aromatic carbocycles. The van der Waals surface area contributed by atoms with Crippen LogP contribution in [0.15, 0.2) is 39.8 Å². The first-order valence-corrected chi connectivity index (χ1v) is 6.91. The summed E-state index contributed by atoms with van der Waals surface area (Å²) in [6, 6.07) is 9.34. The second kappa shape index (κ2) is 5.22. The van der Waals surface area contributed by atoms with Crippen LogP contribution in [0.3, 0.4) is 0 Å². The maximum atomic E-state index is 12.0. The average molecular weight is 277 g/mol. The molecule has 0 spiro atoms. The van der Waals surface area contributed by atoms with Gasteiger partial charge in [-0.15, -0.1) is 0 Å². The Balaban J connectivity index is 2.16. The standard InChI is InChI=1S/C12H11N3O3S/c1-9-5-11(18-15-9)8-14-19(16,17)12-4-2-3-10(6-12)7-13/h2-6,14H,8H2,1H3. The zero-order valence-corrected chi connectivity index (χ0v) is 10.9. The van der Waals surface area contributed by atoms with Crippen molar-refractivity contribution in [3.05, 3.63) is 47.3 Å². The first-order valence-electron chi connectivity index (χ1n) is 5.43. The molecule has 0 amide bonds. The molecule has 0 radical (unpaired) electrons. The lowest BCUT2D eigenvalue weighted by atomic mass is 10.2. The Labute approximate surface area is 110 Å². The molecule has 2 rings (SSSR count). The molecule has 0 unspecified atom stereocenters. The van der Waals surface area contributed by atoms with Gasteiger partial charge in [-0.25, -0.2) is 13.1 Å². The molecule has 0 atom stereocenters. The second-order valence-electron chi connectivity index (χ2n) is 3.90. The van der Waals surface area contributed by atoms with Crippen LogP contribution in [0, 0.1) is 18.3 Å². The van der Waals surface area contributed by atoms with Crippen molar-refractivity contribution in [2.75, 3.05) is 0 Å². The topological polar surface area (TPSA) is 96.0 Å². The van der Waals surface area contributed by atoms with E-state index < -0.39 is 10.0 Å². The highest BCUT2D eigenvalue weighted by Gasteiger charge is 2.15. The predicted molar refractivity (Wildman–Crippen MR) is 66.4 cm³/mol. The largest absolute Gasteiger partial charge is 0.360 e. The van der Waals surface area contributed by atoms with Gasteiger partial charge in [-0.2, -0.15) is 5.26 Å². The monoisotopic (exact) mass is 277 g/mol. The fourth-order valence-electron chi connectivity index (χ4n) is 1.48. The van der Waals surface area contributed by atoms with Crippen molar-refractivity contribution in [1.29, 1.82) is 5.26 Å². The van der Waals surface area contributed by atoms with Crippen LogP contribution < -0.4 is 4.72 Å². The maximum Gasteiger partial charge on any atom is 0.241 e. The molecule has 0 aliphatic carbocycles. The van der Waals surface area contributed by atoms with E-state index in [2.05, 4.69) is 9.88 Å². The summed E-state index contributed by atoms with van der Waals surface area (Å²) >= 11 is 0. The number of nitrogens with one attached hydrogen (secondary N) is 1. The van der Waals surface area contributed by atoms with Gasteiger partial charge in [0.2, 0.25) is 10.0 Å². The molecule has 6 nitrogen and oxygen atoms in total. The number of hydrogen-bond acceptors (Lipinski definition) is 5. The van der Waals surface area contributed by atoms with Crippen molar-refractivity contribution < 1.29 is 12.9 Å². The summed E-state index contributed by atoms with van der Waals surface area (Å²) < 4.78 is 31.3. The van der Waals surface area contributed by atoms with Crippen LogP contribution in [-0.4, -0.2) is 13.6 Å². The van der Waals surface area contributed by atoms with E-state index in [1.165, 1.54) is 18.2 Å². The van der Waals surface area contributed by atoms with E-state index in [0.29, 0.717) is 17.0 Å². The highest BCUT2D eigenvalue weighted by molar-refractivity contribution is 7.89. The third kappa shape index (κ3) is 3.19. The molecule has 98 valence electrons. The zero-order chi connectivity index (χ0) is 13.9. The molecule has 0 saturated carbocycles. The maximum absolute atomic E-state index is 12.0. The van der Waals surface area contributed by atoms with Gasteiger partial charge in [0, 0.05) is 6.07 Å². The third-order valence-corrected chi connectivity index (χ3v) is 3.79. The van der Waals surface area contributed by atoms with Gasteiger partial charge in [0.15, 0.2) is 5.76 Å². The molecule has 19 heavy (non-hydrogen) atoms. The molecule has 0 bridgehead atoms. The van der Waals surface area contributed by atoms with Gasteiger partial charge >= 0.3 is 0 Å². The summed E-state index contributed by atoms with van der Waals surface area (Å²) in [7, 11) is -3.67. The van der Waals surface area contributed by atoms with Crippen LogP contribution in [0.2, 0.25) is 0 Å². The van der Waals surface area contributed by atoms with E-state index in [1.807, 2.05) is 6.07 Å². The molecule has 1 aromatic heterocycles. The van der Waals surface area contributed by atoms with Gasteiger partial charge < -0.3 is 4.52 Å². The molecule has 2 aromatic rings. The number of aryl methyl sites for hydroxylation is 1.